The van der Waals surface area contributed by atoms with Crippen LogP contribution in [0.2, 0.25) is 0 Å². The van der Waals surface area contributed by atoms with Gasteiger partial charge in [-0.2, -0.15) is 13.2 Å². The summed E-state index contributed by atoms with van der Waals surface area (Å²) < 4.78 is 31.7. The summed E-state index contributed by atoms with van der Waals surface area (Å²) in [5.41, 5.74) is 3.85. The highest BCUT2D eigenvalue weighted by Gasteiger charge is 2.51. The van der Waals surface area contributed by atoms with E-state index in [1.807, 2.05) is 30.0 Å². The molecular formula is C19H20F3N3O3. The molecule has 3 heterocycles. The van der Waals surface area contributed by atoms with Gasteiger partial charge in [-0.1, -0.05) is 11.6 Å². The highest BCUT2D eigenvalue weighted by Crippen LogP contribution is 2.36. The van der Waals surface area contributed by atoms with Crippen LogP contribution in [0.1, 0.15) is 28.0 Å². The fraction of sp³-hybridized carbons (Fsp3) is 0.421. The van der Waals surface area contributed by atoms with E-state index in [1.165, 1.54) is 0 Å². The molecule has 0 unspecified atom stereocenters. The number of pyridine rings is 1. The van der Waals surface area contributed by atoms with Gasteiger partial charge in [0, 0.05) is 30.7 Å². The van der Waals surface area contributed by atoms with Crippen LogP contribution in [0.25, 0.3) is 10.9 Å². The van der Waals surface area contributed by atoms with Crippen LogP contribution in [-0.2, 0) is 4.79 Å². The Hall–Kier alpha value is -2.68. The number of rotatable bonds is 1. The Kier molecular flexibility index (Phi) is 5.05. The summed E-state index contributed by atoms with van der Waals surface area (Å²) in [5, 5.41) is 11.4. The van der Waals surface area contributed by atoms with Crippen LogP contribution in [0.15, 0.2) is 24.3 Å². The maximum absolute atomic E-state index is 13.0. The maximum atomic E-state index is 13.0. The third-order valence-corrected chi connectivity index (χ3v) is 5.09. The first-order valence-corrected chi connectivity index (χ1v) is 8.74. The molecule has 1 aromatic carbocycles. The number of hydrogen-bond donors (Lipinski definition) is 2. The number of fused-ring (bicyclic) bond motifs is 1. The molecule has 2 fully saturated rings. The van der Waals surface area contributed by atoms with Gasteiger partial charge in [-0.05, 0) is 38.5 Å². The van der Waals surface area contributed by atoms with Gasteiger partial charge in [0.25, 0.3) is 5.91 Å². The van der Waals surface area contributed by atoms with Gasteiger partial charge in [-0.15, -0.1) is 0 Å². The number of carboxylic acid groups (broad SMARTS) is 1. The Labute approximate surface area is 159 Å². The van der Waals surface area contributed by atoms with Crippen LogP contribution in [-0.4, -0.2) is 58.2 Å². The third kappa shape index (κ3) is 3.66. The lowest BCUT2D eigenvalue weighted by molar-refractivity contribution is -0.192. The van der Waals surface area contributed by atoms with Crippen molar-refractivity contribution in [3.05, 3.63) is 41.1 Å². The van der Waals surface area contributed by atoms with Crippen LogP contribution in [0.4, 0.5) is 13.2 Å². The molecule has 0 radical (unpaired) electrons. The minimum atomic E-state index is -5.08. The Balaban J connectivity index is 0.000000279. The van der Waals surface area contributed by atoms with E-state index < -0.39 is 12.1 Å². The Morgan fingerprint density at radius 2 is 1.86 bits per heavy atom. The van der Waals surface area contributed by atoms with E-state index in [-0.39, 0.29) is 11.4 Å². The number of amides is 1. The number of benzene rings is 1. The minimum absolute atomic E-state index is 0.0877. The van der Waals surface area contributed by atoms with Gasteiger partial charge >= 0.3 is 12.1 Å². The van der Waals surface area contributed by atoms with Gasteiger partial charge in [0.05, 0.1) is 16.6 Å². The van der Waals surface area contributed by atoms with E-state index >= 15 is 0 Å². The van der Waals surface area contributed by atoms with E-state index in [4.69, 9.17) is 9.90 Å². The number of nitrogens with one attached hydrogen (secondary N) is 1. The predicted octanol–water partition coefficient (Wildman–Crippen LogP) is 2.67. The van der Waals surface area contributed by atoms with Gasteiger partial charge in [0.15, 0.2) is 0 Å². The second kappa shape index (κ2) is 7.05. The molecule has 4 rings (SSSR count). The molecule has 150 valence electrons. The summed E-state index contributed by atoms with van der Waals surface area (Å²) in [5.74, 6) is -2.60. The van der Waals surface area contributed by atoms with Crippen molar-refractivity contribution in [2.45, 2.75) is 32.0 Å². The van der Waals surface area contributed by atoms with Gasteiger partial charge in [-0.25, -0.2) is 4.79 Å². The van der Waals surface area contributed by atoms with E-state index in [1.54, 1.807) is 0 Å². The molecule has 2 aromatic rings. The number of carbonyl (C=O) groups is 2. The number of likely N-dealkylation sites (tertiary alicyclic amines) is 1. The number of aromatic nitrogens is 1. The summed E-state index contributed by atoms with van der Waals surface area (Å²) in [6.07, 6.45) is -3.97. The SMILES string of the molecule is Cc1ccc2nc(C)cc(C(=O)N3CCC34CNC4)c2c1.O=C(O)C(F)(F)F. The first-order valence-electron chi connectivity index (χ1n) is 8.74. The molecule has 2 aliphatic heterocycles. The summed E-state index contributed by atoms with van der Waals surface area (Å²) >= 11 is 0. The molecule has 0 aliphatic carbocycles. The molecule has 6 nitrogen and oxygen atoms in total. The number of alkyl halides is 3. The normalized spacial score (nSPS) is 17.4. The van der Waals surface area contributed by atoms with Gasteiger partial charge in [0.2, 0.25) is 0 Å². The van der Waals surface area contributed by atoms with Crippen molar-refractivity contribution in [1.82, 2.24) is 15.2 Å². The van der Waals surface area contributed by atoms with Crippen molar-refractivity contribution in [2.24, 2.45) is 0 Å². The number of aryl methyl sites for hydroxylation is 2. The minimum Gasteiger partial charge on any atom is -0.475 e. The molecule has 2 aliphatic rings. The monoisotopic (exact) mass is 395 g/mol. The maximum Gasteiger partial charge on any atom is 0.490 e. The summed E-state index contributed by atoms with van der Waals surface area (Å²) in [6, 6.07) is 8.05. The number of nitrogens with zero attached hydrogens (tertiary/aromatic N) is 2. The molecule has 1 aromatic heterocycles. The van der Waals surface area contributed by atoms with Crippen LogP contribution >= 0.6 is 0 Å². The second-order valence-electron chi connectivity index (χ2n) is 7.17. The van der Waals surface area contributed by atoms with E-state index in [9.17, 15) is 18.0 Å². The zero-order chi connectivity index (χ0) is 20.7. The van der Waals surface area contributed by atoms with E-state index in [0.717, 1.165) is 53.8 Å². The van der Waals surface area contributed by atoms with Crippen LogP contribution < -0.4 is 5.32 Å². The number of aliphatic carboxylic acids is 1. The Morgan fingerprint density at radius 3 is 2.32 bits per heavy atom. The largest absolute Gasteiger partial charge is 0.490 e. The van der Waals surface area contributed by atoms with Gasteiger partial charge in [-0.3, -0.25) is 9.78 Å². The lowest BCUT2D eigenvalue weighted by atomic mass is 9.78. The Bertz CT molecular complexity index is 934. The molecule has 0 atom stereocenters. The average Bonchev–Trinajstić information content (AvgIpc) is 2.51. The van der Waals surface area contributed by atoms with Gasteiger partial charge in [0.1, 0.15) is 0 Å². The molecule has 1 spiro atoms. The smallest absolute Gasteiger partial charge is 0.475 e. The fourth-order valence-corrected chi connectivity index (χ4v) is 3.43. The molecule has 28 heavy (non-hydrogen) atoms. The van der Waals surface area contributed by atoms with Crippen LogP contribution in [0.3, 0.4) is 0 Å². The molecule has 2 N–H and O–H groups in total. The Morgan fingerprint density at radius 1 is 1.21 bits per heavy atom. The third-order valence-electron chi connectivity index (χ3n) is 5.09. The summed E-state index contributed by atoms with van der Waals surface area (Å²) in [4.78, 5) is 28.5. The first-order chi connectivity index (χ1) is 13.0. The average molecular weight is 395 g/mol. The quantitative estimate of drug-likeness (QED) is 0.776. The lowest BCUT2D eigenvalue weighted by Crippen LogP contribution is -2.77. The van der Waals surface area contributed by atoms with Crippen molar-refractivity contribution in [1.29, 1.82) is 0 Å². The summed E-state index contributed by atoms with van der Waals surface area (Å²) in [7, 11) is 0. The van der Waals surface area contributed by atoms with Crippen molar-refractivity contribution in [3.63, 3.8) is 0 Å². The van der Waals surface area contributed by atoms with Crippen molar-refractivity contribution in [3.8, 4) is 0 Å². The molecule has 9 heteroatoms. The molecule has 0 saturated carbocycles. The molecule has 2 saturated heterocycles. The van der Waals surface area contributed by atoms with Crippen molar-refractivity contribution < 1.29 is 27.9 Å². The molecular weight excluding hydrogens is 375 g/mol. The first kappa shape index (κ1) is 20.1. The number of halogens is 3. The highest BCUT2D eigenvalue weighted by molar-refractivity contribution is 6.07. The van der Waals surface area contributed by atoms with E-state index in [0.29, 0.717) is 0 Å². The zero-order valence-electron chi connectivity index (χ0n) is 15.4. The second-order valence-corrected chi connectivity index (χ2v) is 7.17. The standard InChI is InChI=1S/C17H19N3O.C2HF3O2/c1-11-3-4-15-13(7-11)14(8-12(2)19-15)16(21)20-6-5-17(20)9-18-10-17;3-2(4,5)1(6)7/h3-4,7-8,18H,5-6,9-10H2,1-2H3;(H,6,7). The van der Waals surface area contributed by atoms with Crippen molar-refractivity contribution >= 4 is 22.8 Å². The van der Waals surface area contributed by atoms with Crippen LogP contribution in [0, 0.1) is 13.8 Å². The molecule has 1 amide bonds. The number of carbonyl (C=O) groups excluding carboxylic acids is 1. The fourth-order valence-electron chi connectivity index (χ4n) is 3.43. The van der Waals surface area contributed by atoms with Gasteiger partial charge < -0.3 is 15.3 Å². The zero-order valence-corrected chi connectivity index (χ0v) is 15.4. The lowest BCUT2D eigenvalue weighted by Gasteiger charge is -2.58. The number of hydrogen-bond acceptors (Lipinski definition) is 4. The van der Waals surface area contributed by atoms with E-state index in [2.05, 4.69) is 23.3 Å². The van der Waals surface area contributed by atoms with Crippen molar-refractivity contribution in [2.75, 3.05) is 19.6 Å². The molecule has 0 bridgehead atoms. The highest BCUT2D eigenvalue weighted by atomic mass is 19.4. The van der Waals surface area contributed by atoms with Crippen LogP contribution in [0.5, 0.6) is 0 Å². The predicted molar refractivity (Wildman–Crippen MR) is 96.2 cm³/mol. The number of carboxylic acids is 1. The summed E-state index contributed by atoms with van der Waals surface area (Å²) in [6.45, 7) is 6.73. The topological polar surface area (TPSA) is 82.5 Å².